The van der Waals surface area contributed by atoms with Crippen molar-refractivity contribution in [2.24, 2.45) is 0 Å². The molecule has 0 saturated heterocycles. The largest absolute Gasteiger partial charge is 0.423 e. The Bertz CT molecular complexity index is 1240. The van der Waals surface area contributed by atoms with Gasteiger partial charge in [-0.1, -0.05) is 47.5 Å². The summed E-state index contributed by atoms with van der Waals surface area (Å²) in [6, 6.07) is 11.3. The summed E-state index contributed by atoms with van der Waals surface area (Å²) in [7, 11) is 0. The van der Waals surface area contributed by atoms with E-state index in [0.717, 1.165) is 39.6 Å². The second-order valence-electron chi connectivity index (χ2n) is 6.92. The van der Waals surface area contributed by atoms with Gasteiger partial charge in [0.2, 0.25) is 5.89 Å². The lowest BCUT2D eigenvalue weighted by Crippen LogP contribution is -2.00. The van der Waals surface area contributed by atoms with Crippen LogP contribution < -0.4 is 5.63 Å². The Labute approximate surface area is 177 Å². The number of hydrogen-bond acceptors (Lipinski definition) is 6. The van der Waals surface area contributed by atoms with Crippen molar-refractivity contribution in [3.63, 3.8) is 0 Å². The van der Waals surface area contributed by atoms with Gasteiger partial charge in [-0.15, -0.1) is 10.2 Å². The first-order chi connectivity index (χ1) is 13.9. The molecule has 2 aromatic carbocycles. The molecule has 0 aliphatic heterocycles. The Morgan fingerprint density at radius 3 is 2.45 bits per heavy atom. The lowest BCUT2D eigenvalue weighted by Gasteiger charge is -2.07. The Kier molecular flexibility index (Phi) is 5.48. The third kappa shape index (κ3) is 4.23. The summed E-state index contributed by atoms with van der Waals surface area (Å²) in [5.74, 6) is 0.964. The van der Waals surface area contributed by atoms with Crippen molar-refractivity contribution in [3.05, 3.63) is 74.1 Å². The normalized spacial score (nSPS) is 11.3. The molecule has 5 nitrogen and oxygen atoms in total. The standard InChI is InChI=1S/C22H19ClN2O3S/c1-4-14-8-19-17(10-18(14)23)16(9-20(26)27-19)11-29-22-25-24-21(28-22)15-6-12(2)5-13(3)7-15/h5-10H,4,11H2,1-3H3. The Hall–Kier alpha value is -2.57. The molecule has 4 rings (SSSR count). The number of aryl methyl sites for hydroxylation is 3. The molecule has 7 heteroatoms. The first-order valence-corrected chi connectivity index (χ1v) is 10.6. The van der Waals surface area contributed by atoms with Crippen LogP contribution >= 0.6 is 23.4 Å². The van der Waals surface area contributed by atoms with Crippen molar-refractivity contribution >= 4 is 34.3 Å². The highest BCUT2D eigenvalue weighted by Gasteiger charge is 2.13. The van der Waals surface area contributed by atoms with E-state index in [0.29, 0.717) is 27.5 Å². The van der Waals surface area contributed by atoms with Crippen molar-refractivity contribution in [2.75, 3.05) is 0 Å². The quantitative estimate of drug-likeness (QED) is 0.289. The van der Waals surface area contributed by atoms with Crippen LogP contribution in [0.1, 0.15) is 29.2 Å². The maximum Gasteiger partial charge on any atom is 0.336 e. The van der Waals surface area contributed by atoms with Gasteiger partial charge in [-0.25, -0.2) is 4.79 Å². The molecule has 0 aliphatic rings. The Balaban J connectivity index is 1.61. The minimum atomic E-state index is -0.390. The van der Waals surface area contributed by atoms with Gasteiger partial charge in [0.25, 0.3) is 5.22 Å². The number of hydrogen-bond donors (Lipinski definition) is 0. The first kappa shape index (κ1) is 19.7. The van der Waals surface area contributed by atoms with Gasteiger partial charge >= 0.3 is 5.63 Å². The summed E-state index contributed by atoms with van der Waals surface area (Å²) in [6.45, 7) is 6.07. The zero-order valence-corrected chi connectivity index (χ0v) is 17.9. The number of fused-ring (bicyclic) bond motifs is 1. The van der Waals surface area contributed by atoms with Crippen molar-refractivity contribution in [1.29, 1.82) is 0 Å². The van der Waals surface area contributed by atoms with Crippen molar-refractivity contribution in [3.8, 4) is 11.5 Å². The lowest BCUT2D eigenvalue weighted by molar-refractivity contribution is 0.465. The molecule has 29 heavy (non-hydrogen) atoms. The zero-order valence-electron chi connectivity index (χ0n) is 16.3. The van der Waals surface area contributed by atoms with E-state index in [1.165, 1.54) is 17.8 Å². The van der Waals surface area contributed by atoms with E-state index in [-0.39, 0.29) is 5.63 Å². The molecule has 0 N–H and O–H groups in total. The van der Waals surface area contributed by atoms with Gasteiger partial charge in [0.15, 0.2) is 0 Å². The molecular weight excluding hydrogens is 408 g/mol. The van der Waals surface area contributed by atoms with Crippen molar-refractivity contribution in [2.45, 2.75) is 38.2 Å². The smallest absolute Gasteiger partial charge is 0.336 e. The molecule has 0 unspecified atom stereocenters. The molecule has 148 valence electrons. The molecule has 0 amide bonds. The Morgan fingerprint density at radius 2 is 1.72 bits per heavy atom. The molecule has 2 heterocycles. The minimum absolute atomic E-state index is 0.390. The molecule has 0 bridgehead atoms. The highest BCUT2D eigenvalue weighted by molar-refractivity contribution is 7.98. The highest BCUT2D eigenvalue weighted by atomic mass is 35.5. The third-order valence-corrected chi connectivity index (χ3v) is 5.82. The SMILES string of the molecule is CCc1cc2oc(=O)cc(CSc3nnc(-c4cc(C)cc(C)c4)o3)c2cc1Cl. The van der Waals surface area contributed by atoms with Crippen LogP contribution in [0.25, 0.3) is 22.4 Å². The number of thioether (sulfide) groups is 1. The van der Waals surface area contributed by atoms with Crippen LogP contribution in [0.5, 0.6) is 0 Å². The fourth-order valence-corrected chi connectivity index (χ4v) is 4.35. The average molecular weight is 427 g/mol. The summed E-state index contributed by atoms with van der Waals surface area (Å²) < 4.78 is 11.2. The van der Waals surface area contributed by atoms with Crippen LogP contribution in [0.15, 0.2) is 55.2 Å². The molecule has 0 atom stereocenters. The second kappa shape index (κ2) is 8.05. The Morgan fingerprint density at radius 1 is 0.966 bits per heavy atom. The maximum atomic E-state index is 12.0. The van der Waals surface area contributed by atoms with Gasteiger partial charge < -0.3 is 8.83 Å². The lowest BCUT2D eigenvalue weighted by atomic mass is 10.1. The van der Waals surface area contributed by atoms with Gasteiger partial charge in [-0.2, -0.15) is 0 Å². The van der Waals surface area contributed by atoms with E-state index in [1.54, 1.807) is 0 Å². The summed E-state index contributed by atoms with van der Waals surface area (Å²) in [6.07, 6.45) is 0.765. The maximum absolute atomic E-state index is 12.0. The van der Waals surface area contributed by atoms with Gasteiger partial charge in [-0.3, -0.25) is 0 Å². The van der Waals surface area contributed by atoms with Crippen LogP contribution in [-0.2, 0) is 12.2 Å². The van der Waals surface area contributed by atoms with E-state index in [2.05, 4.69) is 16.3 Å². The van der Waals surface area contributed by atoms with Gasteiger partial charge in [0.1, 0.15) is 5.58 Å². The van der Waals surface area contributed by atoms with Crippen LogP contribution in [-0.4, -0.2) is 10.2 Å². The van der Waals surface area contributed by atoms with Crippen molar-refractivity contribution < 1.29 is 8.83 Å². The summed E-state index contributed by atoms with van der Waals surface area (Å²) in [5.41, 5.74) is 5.08. The molecule has 0 radical (unpaired) electrons. The van der Waals surface area contributed by atoms with E-state index in [9.17, 15) is 4.79 Å². The number of benzene rings is 2. The fourth-order valence-electron chi connectivity index (χ4n) is 3.30. The molecule has 4 aromatic rings. The second-order valence-corrected chi connectivity index (χ2v) is 8.26. The monoisotopic (exact) mass is 426 g/mol. The first-order valence-electron chi connectivity index (χ1n) is 9.23. The van der Waals surface area contributed by atoms with Crippen LogP contribution in [0, 0.1) is 13.8 Å². The molecule has 0 saturated carbocycles. The predicted molar refractivity (Wildman–Crippen MR) is 116 cm³/mol. The molecule has 0 fully saturated rings. The minimum Gasteiger partial charge on any atom is -0.423 e. The van der Waals surface area contributed by atoms with E-state index < -0.39 is 0 Å². The van der Waals surface area contributed by atoms with Crippen LogP contribution in [0.2, 0.25) is 5.02 Å². The van der Waals surface area contributed by atoms with Crippen LogP contribution in [0.4, 0.5) is 0 Å². The summed E-state index contributed by atoms with van der Waals surface area (Å²) in [4.78, 5) is 12.0. The molecule has 0 aliphatic carbocycles. The highest BCUT2D eigenvalue weighted by Crippen LogP contribution is 2.31. The predicted octanol–water partition coefficient (Wildman–Crippen LogP) is 5.97. The average Bonchev–Trinajstić information content (AvgIpc) is 3.14. The summed E-state index contributed by atoms with van der Waals surface area (Å²) >= 11 is 7.73. The molecule has 0 spiro atoms. The van der Waals surface area contributed by atoms with Gasteiger partial charge in [-0.05, 0) is 55.7 Å². The number of rotatable bonds is 5. The van der Waals surface area contributed by atoms with E-state index >= 15 is 0 Å². The fraction of sp³-hybridized carbons (Fsp3) is 0.227. The van der Waals surface area contributed by atoms with Crippen LogP contribution in [0.3, 0.4) is 0 Å². The zero-order chi connectivity index (χ0) is 20.5. The van der Waals surface area contributed by atoms with E-state index in [4.69, 9.17) is 20.4 Å². The topological polar surface area (TPSA) is 69.1 Å². The summed E-state index contributed by atoms with van der Waals surface area (Å²) in [5, 5.41) is 10.2. The number of aromatic nitrogens is 2. The van der Waals surface area contributed by atoms with E-state index in [1.807, 2.05) is 45.0 Å². The molecule has 2 aromatic heterocycles. The number of nitrogens with zero attached hydrogens (tertiary/aromatic N) is 2. The molecular formula is C22H19ClN2O3S. The number of halogens is 1. The van der Waals surface area contributed by atoms with Gasteiger partial charge in [0.05, 0.1) is 0 Å². The third-order valence-electron chi connectivity index (χ3n) is 4.60. The van der Waals surface area contributed by atoms with Gasteiger partial charge in [0, 0.05) is 27.8 Å². The van der Waals surface area contributed by atoms with Crippen molar-refractivity contribution in [1.82, 2.24) is 10.2 Å².